The molecule has 0 aliphatic carbocycles. The Labute approximate surface area is 96.3 Å². The second kappa shape index (κ2) is 5.90. The van der Waals surface area contributed by atoms with Crippen LogP contribution in [0.1, 0.15) is 31.0 Å². The molecule has 3 nitrogen and oxygen atoms in total. The van der Waals surface area contributed by atoms with Crippen molar-refractivity contribution in [2.75, 3.05) is 6.54 Å². The predicted octanol–water partition coefficient (Wildman–Crippen LogP) is 2.37. The molecule has 1 aromatic carbocycles. The van der Waals surface area contributed by atoms with Gasteiger partial charge in [0.2, 0.25) is 0 Å². The minimum absolute atomic E-state index is 0.337. The molecule has 0 aliphatic rings. The zero-order valence-electron chi connectivity index (χ0n) is 9.57. The van der Waals surface area contributed by atoms with Gasteiger partial charge in [0.05, 0.1) is 17.7 Å². The van der Waals surface area contributed by atoms with E-state index in [-0.39, 0.29) is 6.04 Å². The normalized spacial score (nSPS) is 11.8. The van der Waals surface area contributed by atoms with Crippen LogP contribution < -0.4 is 5.32 Å². The van der Waals surface area contributed by atoms with Gasteiger partial charge < -0.3 is 0 Å². The maximum atomic E-state index is 9.06. The van der Waals surface area contributed by atoms with E-state index < -0.39 is 0 Å². The number of hydrogen-bond donors (Lipinski definition) is 1. The predicted molar refractivity (Wildman–Crippen MR) is 62.4 cm³/mol. The van der Waals surface area contributed by atoms with Gasteiger partial charge in [-0.05, 0) is 30.2 Å². The van der Waals surface area contributed by atoms with Crippen molar-refractivity contribution < 1.29 is 0 Å². The molecule has 3 heteroatoms. The van der Waals surface area contributed by atoms with Crippen molar-refractivity contribution in [1.29, 1.82) is 10.5 Å². The van der Waals surface area contributed by atoms with E-state index in [0.29, 0.717) is 11.5 Å². The zero-order chi connectivity index (χ0) is 12.0. The number of nitrogens with one attached hydrogen (secondary N) is 1. The van der Waals surface area contributed by atoms with Crippen molar-refractivity contribution in [3.63, 3.8) is 0 Å². The monoisotopic (exact) mass is 213 g/mol. The lowest BCUT2D eigenvalue weighted by atomic mass is 10.0. The highest BCUT2D eigenvalue weighted by Crippen LogP contribution is 2.14. The molecule has 1 aromatic rings. The van der Waals surface area contributed by atoms with Gasteiger partial charge in [-0.1, -0.05) is 26.0 Å². The zero-order valence-corrected chi connectivity index (χ0v) is 9.57. The van der Waals surface area contributed by atoms with Gasteiger partial charge >= 0.3 is 0 Å². The largest absolute Gasteiger partial charge is 0.298 e. The summed E-state index contributed by atoms with van der Waals surface area (Å²) in [6.45, 7) is 4.97. The third kappa shape index (κ3) is 3.38. The van der Waals surface area contributed by atoms with Crippen LogP contribution in [-0.4, -0.2) is 6.54 Å². The van der Waals surface area contributed by atoms with E-state index in [1.54, 1.807) is 18.2 Å². The van der Waals surface area contributed by atoms with Crippen molar-refractivity contribution >= 4 is 0 Å². The van der Waals surface area contributed by atoms with Gasteiger partial charge in [-0.2, -0.15) is 10.5 Å². The van der Waals surface area contributed by atoms with Crippen molar-refractivity contribution in [1.82, 2.24) is 5.32 Å². The molecule has 0 saturated carbocycles. The van der Waals surface area contributed by atoms with Crippen LogP contribution in [0.4, 0.5) is 0 Å². The van der Waals surface area contributed by atoms with Crippen molar-refractivity contribution in [2.24, 2.45) is 5.92 Å². The highest BCUT2D eigenvalue weighted by Gasteiger charge is 2.10. The van der Waals surface area contributed by atoms with Crippen LogP contribution in [0.2, 0.25) is 0 Å². The van der Waals surface area contributed by atoms with E-state index >= 15 is 0 Å². The van der Waals surface area contributed by atoms with Crippen LogP contribution in [0.15, 0.2) is 24.3 Å². The smallest absolute Gasteiger partial charge is 0.121 e. The van der Waals surface area contributed by atoms with Crippen LogP contribution >= 0.6 is 0 Å². The number of nitrogens with zero attached hydrogens (tertiary/aromatic N) is 2. The van der Waals surface area contributed by atoms with E-state index in [1.807, 2.05) is 6.07 Å². The number of benzene rings is 1. The number of rotatable bonds is 4. The van der Waals surface area contributed by atoms with E-state index in [4.69, 9.17) is 10.5 Å². The maximum Gasteiger partial charge on any atom is 0.121 e. The summed E-state index contributed by atoms with van der Waals surface area (Å²) in [5.41, 5.74) is 1.44. The first-order valence-electron chi connectivity index (χ1n) is 5.30. The lowest BCUT2D eigenvalue weighted by Crippen LogP contribution is -2.24. The van der Waals surface area contributed by atoms with Gasteiger partial charge in [0.1, 0.15) is 6.04 Å². The molecule has 1 N–H and O–H groups in total. The SMILES string of the molecule is CC(C)CNC(C#N)c1cccc(C#N)c1. The van der Waals surface area contributed by atoms with Gasteiger partial charge in [-0.25, -0.2) is 0 Å². The summed E-state index contributed by atoms with van der Waals surface area (Å²) in [7, 11) is 0. The van der Waals surface area contributed by atoms with Gasteiger partial charge in [0.15, 0.2) is 0 Å². The Hall–Kier alpha value is -1.84. The fourth-order valence-corrected chi connectivity index (χ4v) is 1.38. The Morgan fingerprint density at radius 3 is 2.62 bits per heavy atom. The van der Waals surface area contributed by atoms with Gasteiger partial charge in [-0.3, -0.25) is 5.32 Å². The summed E-state index contributed by atoms with van der Waals surface area (Å²) in [6, 6.07) is 11.1. The molecule has 0 amide bonds. The lowest BCUT2D eigenvalue weighted by Gasteiger charge is -2.13. The minimum atomic E-state index is -0.337. The van der Waals surface area contributed by atoms with Gasteiger partial charge in [0.25, 0.3) is 0 Å². The van der Waals surface area contributed by atoms with Crippen molar-refractivity contribution in [2.45, 2.75) is 19.9 Å². The minimum Gasteiger partial charge on any atom is -0.298 e. The maximum absolute atomic E-state index is 9.06. The highest BCUT2D eigenvalue weighted by atomic mass is 14.9. The molecule has 0 radical (unpaired) electrons. The molecule has 0 bridgehead atoms. The lowest BCUT2D eigenvalue weighted by molar-refractivity contribution is 0.525. The van der Waals surface area contributed by atoms with Crippen molar-refractivity contribution in [3.05, 3.63) is 35.4 Å². The molecule has 0 saturated heterocycles. The first kappa shape index (κ1) is 12.2. The Balaban J connectivity index is 2.80. The van der Waals surface area contributed by atoms with Crippen LogP contribution in [-0.2, 0) is 0 Å². The first-order valence-corrected chi connectivity index (χ1v) is 5.30. The molecule has 16 heavy (non-hydrogen) atoms. The third-order valence-electron chi connectivity index (χ3n) is 2.21. The third-order valence-corrected chi connectivity index (χ3v) is 2.21. The fourth-order valence-electron chi connectivity index (χ4n) is 1.38. The van der Waals surface area contributed by atoms with Crippen LogP contribution in [0.3, 0.4) is 0 Å². The molecule has 0 aliphatic heterocycles. The summed E-state index contributed by atoms with van der Waals surface area (Å²) >= 11 is 0. The molecule has 0 aromatic heterocycles. The fraction of sp³-hybridized carbons (Fsp3) is 0.385. The molecule has 1 unspecified atom stereocenters. The molecular weight excluding hydrogens is 198 g/mol. The number of hydrogen-bond acceptors (Lipinski definition) is 3. The summed E-state index contributed by atoms with van der Waals surface area (Å²) in [5.74, 6) is 0.495. The Morgan fingerprint density at radius 2 is 2.06 bits per heavy atom. The van der Waals surface area contributed by atoms with Gasteiger partial charge in [-0.15, -0.1) is 0 Å². The van der Waals surface area contributed by atoms with Gasteiger partial charge in [0, 0.05) is 0 Å². The van der Waals surface area contributed by atoms with Crippen LogP contribution in [0.25, 0.3) is 0 Å². The standard InChI is InChI=1S/C13H15N3/c1-10(2)9-16-13(8-15)12-5-3-4-11(6-12)7-14/h3-6,10,13,16H,9H2,1-2H3. The molecule has 0 heterocycles. The Morgan fingerprint density at radius 1 is 1.31 bits per heavy atom. The first-order chi connectivity index (χ1) is 7.67. The van der Waals surface area contributed by atoms with Crippen LogP contribution in [0, 0.1) is 28.6 Å². The second-order valence-electron chi connectivity index (χ2n) is 4.10. The average molecular weight is 213 g/mol. The highest BCUT2D eigenvalue weighted by molar-refractivity contribution is 5.35. The Bertz CT molecular complexity index is 424. The molecular formula is C13H15N3. The molecule has 1 atom stereocenters. The van der Waals surface area contributed by atoms with E-state index in [0.717, 1.165) is 12.1 Å². The average Bonchev–Trinajstić information content (AvgIpc) is 2.30. The van der Waals surface area contributed by atoms with Crippen molar-refractivity contribution in [3.8, 4) is 12.1 Å². The molecule has 82 valence electrons. The van der Waals surface area contributed by atoms with E-state index in [1.165, 1.54) is 0 Å². The van der Waals surface area contributed by atoms with E-state index in [2.05, 4.69) is 31.3 Å². The molecule has 1 rings (SSSR count). The summed E-state index contributed by atoms with van der Waals surface area (Å²) in [6.07, 6.45) is 0. The second-order valence-corrected chi connectivity index (χ2v) is 4.10. The summed E-state index contributed by atoms with van der Waals surface area (Å²) < 4.78 is 0. The topological polar surface area (TPSA) is 59.6 Å². The molecule has 0 fully saturated rings. The van der Waals surface area contributed by atoms with E-state index in [9.17, 15) is 0 Å². The summed E-state index contributed by atoms with van der Waals surface area (Å²) in [4.78, 5) is 0. The Kier molecular flexibility index (Phi) is 4.51. The summed E-state index contributed by atoms with van der Waals surface area (Å²) in [5, 5.41) is 21.0. The molecule has 0 spiro atoms. The number of nitriles is 2. The quantitative estimate of drug-likeness (QED) is 0.835. The van der Waals surface area contributed by atoms with Crippen LogP contribution in [0.5, 0.6) is 0 Å².